The second-order valence-electron chi connectivity index (χ2n) is 8.67. The number of imidazole rings is 1. The molecule has 2 aromatic carbocycles. The lowest BCUT2D eigenvalue weighted by atomic mass is 10.0. The lowest BCUT2D eigenvalue weighted by molar-refractivity contribution is -0.184. The maximum atomic E-state index is 6.46. The van der Waals surface area contributed by atoms with E-state index in [-0.39, 0.29) is 6.10 Å². The fourth-order valence-corrected chi connectivity index (χ4v) is 3.90. The summed E-state index contributed by atoms with van der Waals surface area (Å²) < 4.78 is 26.5. The zero-order valence-corrected chi connectivity index (χ0v) is 19.6. The van der Waals surface area contributed by atoms with Crippen LogP contribution in [0.25, 0.3) is 0 Å². The van der Waals surface area contributed by atoms with E-state index in [1.165, 1.54) is 11.1 Å². The van der Waals surface area contributed by atoms with Gasteiger partial charge >= 0.3 is 0 Å². The van der Waals surface area contributed by atoms with Crippen molar-refractivity contribution in [3.8, 4) is 11.5 Å². The van der Waals surface area contributed by atoms with E-state index in [2.05, 4.69) is 31.0 Å². The van der Waals surface area contributed by atoms with Crippen molar-refractivity contribution < 1.29 is 18.9 Å². The maximum Gasteiger partial charge on any atom is 0.187 e. The standard InChI is InChI=1S/C27H34N2O4/c1-3-4-17-30-24-11-7-23(8-12-24)13-14-27(20-29-16-15-28-21-29)32-19-26(33-27)18-31-25-9-5-22(2)6-10-25/h5-12,15-16,21,26H,3-4,13-14,17-20H2,1-2H3. The molecule has 1 saturated heterocycles. The van der Waals surface area contributed by atoms with Crippen molar-refractivity contribution in [3.05, 3.63) is 78.4 Å². The molecule has 1 aliphatic heterocycles. The first kappa shape index (κ1) is 23.3. The van der Waals surface area contributed by atoms with Crippen LogP contribution in [-0.4, -0.2) is 41.3 Å². The SMILES string of the molecule is CCCCOc1ccc(CCC2(Cn3ccnc3)OCC(COc3ccc(C)cc3)O2)cc1. The Morgan fingerprint density at radius 2 is 1.82 bits per heavy atom. The highest BCUT2D eigenvalue weighted by molar-refractivity contribution is 5.28. The minimum absolute atomic E-state index is 0.121. The molecule has 0 bridgehead atoms. The van der Waals surface area contributed by atoms with Gasteiger partial charge in [0.15, 0.2) is 5.79 Å². The molecule has 33 heavy (non-hydrogen) atoms. The van der Waals surface area contributed by atoms with Crippen LogP contribution in [0.5, 0.6) is 11.5 Å². The summed E-state index contributed by atoms with van der Waals surface area (Å²) in [5.41, 5.74) is 2.44. The molecule has 1 aromatic heterocycles. The normalized spacial score (nSPS) is 20.1. The van der Waals surface area contributed by atoms with Crippen LogP contribution in [0.4, 0.5) is 0 Å². The maximum absolute atomic E-state index is 6.46. The smallest absolute Gasteiger partial charge is 0.187 e. The molecule has 0 aliphatic carbocycles. The molecule has 1 fully saturated rings. The van der Waals surface area contributed by atoms with Gasteiger partial charge in [0, 0.05) is 18.8 Å². The summed E-state index contributed by atoms with van der Waals surface area (Å²) in [7, 11) is 0. The molecule has 0 saturated carbocycles. The molecule has 2 atom stereocenters. The zero-order chi connectivity index (χ0) is 22.9. The number of hydrogen-bond donors (Lipinski definition) is 0. The Morgan fingerprint density at radius 1 is 1.06 bits per heavy atom. The van der Waals surface area contributed by atoms with E-state index >= 15 is 0 Å². The molecule has 2 heterocycles. The Morgan fingerprint density at radius 3 is 2.55 bits per heavy atom. The van der Waals surface area contributed by atoms with Crippen LogP contribution in [0, 0.1) is 6.92 Å². The summed E-state index contributed by atoms with van der Waals surface area (Å²) in [5, 5.41) is 0. The molecule has 6 heteroatoms. The van der Waals surface area contributed by atoms with Gasteiger partial charge in [0.25, 0.3) is 0 Å². The van der Waals surface area contributed by atoms with Crippen LogP contribution >= 0.6 is 0 Å². The van der Waals surface area contributed by atoms with Crippen molar-refractivity contribution in [2.75, 3.05) is 19.8 Å². The quantitative estimate of drug-likeness (QED) is 0.355. The molecule has 3 aromatic rings. The van der Waals surface area contributed by atoms with Gasteiger partial charge < -0.3 is 23.5 Å². The van der Waals surface area contributed by atoms with E-state index in [4.69, 9.17) is 18.9 Å². The second-order valence-corrected chi connectivity index (χ2v) is 8.67. The monoisotopic (exact) mass is 450 g/mol. The number of unbranched alkanes of at least 4 members (excludes halogenated alkanes) is 1. The fraction of sp³-hybridized carbons (Fsp3) is 0.444. The molecule has 0 spiro atoms. The van der Waals surface area contributed by atoms with Crippen LogP contribution in [0.2, 0.25) is 0 Å². The van der Waals surface area contributed by atoms with Crippen LogP contribution < -0.4 is 9.47 Å². The van der Waals surface area contributed by atoms with Crippen molar-refractivity contribution in [2.24, 2.45) is 0 Å². The lowest BCUT2D eigenvalue weighted by Crippen LogP contribution is -2.37. The first-order valence-corrected chi connectivity index (χ1v) is 11.8. The Labute approximate surface area is 196 Å². The van der Waals surface area contributed by atoms with Gasteiger partial charge in [-0.3, -0.25) is 0 Å². The summed E-state index contributed by atoms with van der Waals surface area (Å²) in [5.74, 6) is 1.05. The highest BCUT2D eigenvalue weighted by Crippen LogP contribution is 2.31. The predicted molar refractivity (Wildman–Crippen MR) is 128 cm³/mol. The van der Waals surface area contributed by atoms with E-state index in [0.29, 0.717) is 19.8 Å². The van der Waals surface area contributed by atoms with Gasteiger partial charge in [-0.25, -0.2) is 4.98 Å². The highest BCUT2D eigenvalue weighted by Gasteiger charge is 2.42. The van der Waals surface area contributed by atoms with Crippen molar-refractivity contribution >= 4 is 0 Å². The third kappa shape index (κ3) is 6.83. The Kier molecular flexibility index (Phi) is 8.02. The lowest BCUT2D eigenvalue weighted by Gasteiger charge is -2.28. The Hall–Kier alpha value is -2.83. The van der Waals surface area contributed by atoms with E-state index < -0.39 is 5.79 Å². The molecular formula is C27H34N2O4. The number of nitrogens with zero attached hydrogens (tertiary/aromatic N) is 2. The van der Waals surface area contributed by atoms with E-state index in [1.54, 1.807) is 12.5 Å². The van der Waals surface area contributed by atoms with E-state index in [9.17, 15) is 0 Å². The highest BCUT2D eigenvalue weighted by atomic mass is 16.8. The summed E-state index contributed by atoms with van der Waals surface area (Å²) in [6, 6.07) is 16.4. The minimum atomic E-state index is -0.710. The van der Waals surface area contributed by atoms with Gasteiger partial charge in [-0.2, -0.15) is 0 Å². The topological polar surface area (TPSA) is 54.7 Å². The first-order chi connectivity index (χ1) is 16.1. The van der Waals surface area contributed by atoms with Crippen molar-refractivity contribution in [1.82, 2.24) is 9.55 Å². The number of hydrogen-bond acceptors (Lipinski definition) is 5. The summed E-state index contributed by atoms with van der Waals surface area (Å²) in [6.45, 7) is 6.54. The van der Waals surface area contributed by atoms with E-state index in [0.717, 1.165) is 43.8 Å². The number of aryl methyl sites for hydroxylation is 2. The largest absolute Gasteiger partial charge is 0.494 e. The van der Waals surface area contributed by atoms with Crippen LogP contribution in [-0.2, 0) is 22.4 Å². The number of aromatic nitrogens is 2. The predicted octanol–water partition coefficient (Wildman–Crippen LogP) is 5.19. The van der Waals surface area contributed by atoms with Crippen LogP contribution in [0.15, 0.2) is 67.3 Å². The van der Waals surface area contributed by atoms with Crippen molar-refractivity contribution in [2.45, 2.75) is 58.0 Å². The number of rotatable bonds is 12. The molecule has 6 nitrogen and oxygen atoms in total. The molecular weight excluding hydrogens is 416 g/mol. The van der Waals surface area contributed by atoms with Gasteiger partial charge in [-0.15, -0.1) is 0 Å². The number of benzene rings is 2. The van der Waals surface area contributed by atoms with Crippen molar-refractivity contribution in [3.63, 3.8) is 0 Å². The van der Waals surface area contributed by atoms with Gasteiger partial charge in [-0.05, 0) is 49.6 Å². The molecule has 1 aliphatic rings. The summed E-state index contributed by atoms with van der Waals surface area (Å²) >= 11 is 0. The van der Waals surface area contributed by atoms with Gasteiger partial charge in [0.2, 0.25) is 0 Å². The molecule has 176 valence electrons. The van der Waals surface area contributed by atoms with E-state index in [1.807, 2.05) is 47.2 Å². The summed E-state index contributed by atoms with van der Waals surface area (Å²) in [6.07, 6.45) is 9.18. The van der Waals surface area contributed by atoms with Crippen LogP contribution in [0.3, 0.4) is 0 Å². The zero-order valence-electron chi connectivity index (χ0n) is 19.6. The first-order valence-electron chi connectivity index (χ1n) is 11.8. The minimum Gasteiger partial charge on any atom is -0.494 e. The third-order valence-corrected chi connectivity index (χ3v) is 5.84. The van der Waals surface area contributed by atoms with Gasteiger partial charge in [0.1, 0.15) is 24.2 Å². The van der Waals surface area contributed by atoms with Gasteiger partial charge in [0.05, 0.1) is 26.1 Å². The fourth-order valence-electron chi connectivity index (χ4n) is 3.90. The summed E-state index contributed by atoms with van der Waals surface area (Å²) in [4.78, 5) is 4.17. The average Bonchev–Trinajstić information content (AvgIpc) is 3.49. The number of ether oxygens (including phenoxy) is 4. The third-order valence-electron chi connectivity index (χ3n) is 5.84. The molecule has 2 unspecified atom stereocenters. The molecule has 0 N–H and O–H groups in total. The van der Waals surface area contributed by atoms with Crippen LogP contribution in [0.1, 0.15) is 37.3 Å². The Bertz CT molecular complexity index is 957. The van der Waals surface area contributed by atoms with Crippen molar-refractivity contribution in [1.29, 1.82) is 0 Å². The average molecular weight is 451 g/mol. The van der Waals surface area contributed by atoms with Gasteiger partial charge in [-0.1, -0.05) is 43.2 Å². The molecule has 0 radical (unpaired) electrons. The molecule has 0 amide bonds. The molecule has 4 rings (SSSR count). The second kappa shape index (κ2) is 11.3. The Balaban J connectivity index is 1.35.